The molecule has 3 heteroatoms. The molecule has 0 saturated heterocycles. The van der Waals surface area contributed by atoms with Crippen LogP contribution in [0.5, 0.6) is 0 Å². The first-order valence-corrected chi connectivity index (χ1v) is 3.37. The number of carbonyl (C=O) groups excluding carboxylic acids is 1. The molecule has 3 nitrogen and oxygen atoms in total. The first-order valence-electron chi connectivity index (χ1n) is 3.37. The van der Waals surface area contributed by atoms with E-state index in [4.69, 9.17) is 11.5 Å². The van der Waals surface area contributed by atoms with Gasteiger partial charge in [0.2, 0.25) is 0 Å². The van der Waals surface area contributed by atoms with E-state index in [1.54, 1.807) is 0 Å². The van der Waals surface area contributed by atoms with Gasteiger partial charge in [0.25, 0.3) is 5.91 Å². The smallest absolute Gasteiger partial charge is 0.295 e. The highest BCUT2D eigenvalue weighted by atomic mass is 16.3. The maximum absolute atomic E-state index is 10.5. The van der Waals surface area contributed by atoms with Gasteiger partial charge in [0.05, 0.1) is 0 Å². The summed E-state index contributed by atoms with van der Waals surface area (Å²) in [5, 5.41) is 11.3. The molecule has 0 aromatic heterocycles. The Labute approximate surface area is 66.8 Å². The van der Waals surface area contributed by atoms with Crippen molar-refractivity contribution in [3.63, 3.8) is 0 Å². The average Bonchev–Trinajstić information content (AvgIpc) is 2.00. The Hall–Kier alpha value is -1.01. The molecule has 0 atom stereocenters. The highest BCUT2D eigenvalue weighted by Crippen LogP contribution is 2.10. The predicted molar refractivity (Wildman–Crippen MR) is 42.7 cm³/mol. The Balaban J connectivity index is 3.72. The van der Waals surface area contributed by atoms with E-state index in [1.165, 1.54) is 0 Å². The number of aliphatic hydroxyl groups is 1. The van der Waals surface area contributed by atoms with Crippen molar-refractivity contribution in [1.82, 2.24) is 5.32 Å². The van der Waals surface area contributed by atoms with Crippen LogP contribution in [0.1, 0.15) is 13.8 Å². The average molecular weight is 155 g/mol. The van der Waals surface area contributed by atoms with Crippen LogP contribution in [0.4, 0.5) is 0 Å². The number of aliphatic hydroxyl groups excluding tert-OH is 1. The molecule has 62 valence electrons. The lowest BCUT2D eigenvalue weighted by atomic mass is 9.95. The Morgan fingerprint density at radius 3 is 2.64 bits per heavy atom. The van der Waals surface area contributed by atoms with Gasteiger partial charge in [0, 0.05) is 18.6 Å². The van der Waals surface area contributed by atoms with Crippen molar-refractivity contribution >= 4 is 5.91 Å². The summed E-state index contributed by atoms with van der Waals surface area (Å²) < 4.78 is 0. The summed E-state index contributed by atoms with van der Waals surface area (Å²) in [6, 6.07) is 0. The molecule has 0 spiro atoms. The normalized spacial score (nSPS) is 10.4. The van der Waals surface area contributed by atoms with Crippen molar-refractivity contribution in [2.24, 2.45) is 5.41 Å². The molecular formula is C8H13NO2. The number of hydrogen-bond donors (Lipinski definition) is 2. The zero-order valence-corrected chi connectivity index (χ0v) is 6.85. The molecule has 2 N–H and O–H groups in total. The van der Waals surface area contributed by atoms with Gasteiger partial charge in [0.1, 0.15) is 0 Å². The van der Waals surface area contributed by atoms with E-state index in [1.807, 2.05) is 19.8 Å². The second-order valence-electron chi connectivity index (χ2n) is 3.15. The zero-order chi connectivity index (χ0) is 8.91. The number of rotatable bonds is 3. The minimum atomic E-state index is -0.438. The molecular weight excluding hydrogens is 142 g/mol. The Kier molecular flexibility index (Phi) is 3.63. The highest BCUT2D eigenvalue weighted by Gasteiger charge is 2.16. The topological polar surface area (TPSA) is 49.3 Å². The van der Waals surface area contributed by atoms with Gasteiger partial charge in [-0.05, 0) is 5.92 Å². The fraction of sp³-hybridized carbons (Fsp3) is 0.625. The minimum absolute atomic E-state index is 0.0256. The number of carbonyl (C=O) groups is 1. The quantitative estimate of drug-likeness (QED) is 0.552. The zero-order valence-electron chi connectivity index (χ0n) is 6.85. The summed E-state index contributed by atoms with van der Waals surface area (Å²) in [5.41, 5.74) is -0.299. The van der Waals surface area contributed by atoms with Gasteiger partial charge in [-0.15, -0.1) is 6.42 Å². The lowest BCUT2D eigenvalue weighted by molar-refractivity contribution is -0.116. The second-order valence-corrected chi connectivity index (χ2v) is 3.15. The van der Waals surface area contributed by atoms with Gasteiger partial charge in [-0.2, -0.15) is 0 Å². The van der Waals surface area contributed by atoms with Gasteiger partial charge < -0.3 is 10.4 Å². The van der Waals surface area contributed by atoms with E-state index < -0.39 is 5.91 Å². The maximum Gasteiger partial charge on any atom is 0.295 e. The largest absolute Gasteiger partial charge is 0.396 e. The molecule has 0 aliphatic rings. The van der Waals surface area contributed by atoms with Crippen molar-refractivity contribution in [3.05, 3.63) is 0 Å². The fourth-order valence-electron chi connectivity index (χ4n) is 0.426. The molecule has 0 heterocycles. The van der Waals surface area contributed by atoms with Crippen LogP contribution < -0.4 is 5.32 Å². The third-order valence-electron chi connectivity index (χ3n) is 1.29. The standard InChI is InChI=1S/C8H13NO2/c1-4-7(11)9-5-8(2,3)6-10/h1,10H,5-6H2,2-3H3,(H,9,11). The molecule has 0 rings (SSSR count). The van der Waals surface area contributed by atoms with E-state index in [2.05, 4.69) is 5.32 Å². The molecule has 0 aromatic carbocycles. The monoisotopic (exact) mass is 155 g/mol. The first-order chi connectivity index (χ1) is 5.02. The van der Waals surface area contributed by atoms with Crippen LogP contribution in [0.3, 0.4) is 0 Å². The molecule has 11 heavy (non-hydrogen) atoms. The number of hydrogen-bond acceptors (Lipinski definition) is 2. The van der Waals surface area contributed by atoms with Crippen LogP contribution in [-0.4, -0.2) is 24.2 Å². The summed E-state index contributed by atoms with van der Waals surface area (Å²) >= 11 is 0. The third-order valence-corrected chi connectivity index (χ3v) is 1.29. The lowest BCUT2D eigenvalue weighted by Crippen LogP contribution is -2.35. The highest BCUT2D eigenvalue weighted by molar-refractivity contribution is 5.92. The molecule has 0 aliphatic heterocycles. The fourth-order valence-corrected chi connectivity index (χ4v) is 0.426. The molecule has 0 saturated carbocycles. The molecule has 1 amide bonds. The summed E-state index contributed by atoms with van der Waals surface area (Å²) in [4.78, 5) is 10.5. The van der Waals surface area contributed by atoms with E-state index in [0.29, 0.717) is 6.54 Å². The summed E-state index contributed by atoms with van der Waals surface area (Å²) in [6.45, 7) is 4.10. The van der Waals surface area contributed by atoms with Gasteiger partial charge in [-0.25, -0.2) is 0 Å². The number of terminal acetylenes is 1. The van der Waals surface area contributed by atoms with Crippen molar-refractivity contribution in [1.29, 1.82) is 0 Å². The van der Waals surface area contributed by atoms with Gasteiger partial charge in [-0.1, -0.05) is 13.8 Å². The summed E-state index contributed by atoms with van der Waals surface area (Å²) in [7, 11) is 0. The van der Waals surface area contributed by atoms with E-state index in [9.17, 15) is 4.79 Å². The molecule has 0 fully saturated rings. The second kappa shape index (κ2) is 3.99. The van der Waals surface area contributed by atoms with Crippen LogP contribution in [0.25, 0.3) is 0 Å². The van der Waals surface area contributed by atoms with Crippen LogP contribution in [-0.2, 0) is 4.79 Å². The van der Waals surface area contributed by atoms with Crippen molar-refractivity contribution in [2.45, 2.75) is 13.8 Å². The Morgan fingerprint density at radius 1 is 1.73 bits per heavy atom. The predicted octanol–water partition coefficient (Wildman–Crippen LogP) is -0.246. The molecule has 0 aliphatic carbocycles. The SMILES string of the molecule is C#CC(=O)NCC(C)(C)CO. The molecule has 0 aromatic rings. The Bertz CT molecular complexity index is 179. The Morgan fingerprint density at radius 2 is 2.27 bits per heavy atom. The van der Waals surface area contributed by atoms with Gasteiger partial charge >= 0.3 is 0 Å². The van der Waals surface area contributed by atoms with E-state index in [-0.39, 0.29) is 12.0 Å². The van der Waals surface area contributed by atoms with Crippen LogP contribution >= 0.6 is 0 Å². The third kappa shape index (κ3) is 4.40. The summed E-state index contributed by atoms with van der Waals surface area (Å²) in [6.07, 6.45) is 4.82. The van der Waals surface area contributed by atoms with Crippen LogP contribution in [0.15, 0.2) is 0 Å². The van der Waals surface area contributed by atoms with E-state index in [0.717, 1.165) is 0 Å². The van der Waals surface area contributed by atoms with Gasteiger partial charge in [-0.3, -0.25) is 4.79 Å². The molecule has 0 bridgehead atoms. The van der Waals surface area contributed by atoms with Gasteiger partial charge in [0.15, 0.2) is 0 Å². The molecule has 0 unspecified atom stereocenters. The number of amides is 1. The molecule has 0 radical (unpaired) electrons. The lowest BCUT2D eigenvalue weighted by Gasteiger charge is -2.20. The van der Waals surface area contributed by atoms with Crippen LogP contribution in [0.2, 0.25) is 0 Å². The summed E-state index contributed by atoms with van der Waals surface area (Å²) in [5.74, 6) is 1.49. The minimum Gasteiger partial charge on any atom is -0.396 e. The first kappa shape index (κ1) is 9.99. The maximum atomic E-state index is 10.5. The number of nitrogens with one attached hydrogen (secondary N) is 1. The van der Waals surface area contributed by atoms with Crippen LogP contribution in [0, 0.1) is 17.8 Å². The van der Waals surface area contributed by atoms with Crippen molar-refractivity contribution in [2.75, 3.05) is 13.2 Å². The van der Waals surface area contributed by atoms with Crippen molar-refractivity contribution < 1.29 is 9.90 Å². The van der Waals surface area contributed by atoms with E-state index >= 15 is 0 Å². The van der Waals surface area contributed by atoms with Crippen molar-refractivity contribution in [3.8, 4) is 12.3 Å².